The molecular formula is C17H15BrN2O2. The van der Waals surface area contributed by atoms with E-state index in [2.05, 4.69) is 26.6 Å². The molecule has 0 heterocycles. The first-order chi connectivity index (χ1) is 10.5. The number of hydrogen-bond donors (Lipinski definition) is 2. The van der Waals surface area contributed by atoms with Crippen molar-refractivity contribution >= 4 is 45.2 Å². The molecule has 0 spiro atoms. The summed E-state index contributed by atoms with van der Waals surface area (Å²) in [7, 11) is 0. The van der Waals surface area contributed by atoms with E-state index in [1.807, 2.05) is 24.3 Å². The van der Waals surface area contributed by atoms with Gasteiger partial charge in [0.05, 0.1) is 0 Å². The van der Waals surface area contributed by atoms with Gasteiger partial charge in [-0.25, -0.2) is 0 Å². The third kappa shape index (κ3) is 5.18. The topological polar surface area (TPSA) is 58.2 Å². The molecule has 2 rings (SSSR count). The van der Waals surface area contributed by atoms with Crippen molar-refractivity contribution in [1.29, 1.82) is 0 Å². The molecule has 0 saturated carbocycles. The van der Waals surface area contributed by atoms with E-state index < -0.39 is 0 Å². The molecule has 0 unspecified atom stereocenters. The Hall–Kier alpha value is -2.40. The molecule has 5 heteroatoms. The smallest absolute Gasteiger partial charge is 0.248 e. The Labute approximate surface area is 137 Å². The van der Waals surface area contributed by atoms with Crippen LogP contribution in [0.5, 0.6) is 0 Å². The quantitative estimate of drug-likeness (QED) is 0.809. The van der Waals surface area contributed by atoms with Crippen molar-refractivity contribution in [1.82, 2.24) is 0 Å². The Morgan fingerprint density at radius 1 is 0.909 bits per heavy atom. The van der Waals surface area contributed by atoms with Gasteiger partial charge in [-0.05, 0) is 48.0 Å². The van der Waals surface area contributed by atoms with Crippen LogP contribution in [0, 0.1) is 0 Å². The van der Waals surface area contributed by atoms with Crippen molar-refractivity contribution in [2.45, 2.75) is 6.92 Å². The van der Waals surface area contributed by atoms with E-state index in [4.69, 9.17) is 0 Å². The van der Waals surface area contributed by atoms with Crippen LogP contribution >= 0.6 is 15.9 Å². The predicted octanol–water partition coefficient (Wildman–Crippen LogP) is 4.06. The van der Waals surface area contributed by atoms with Crippen molar-refractivity contribution in [3.05, 3.63) is 64.6 Å². The number of carbonyl (C=O) groups is 2. The summed E-state index contributed by atoms with van der Waals surface area (Å²) in [6.07, 6.45) is 3.22. The van der Waals surface area contributed by atoms with Crippen LogP contribution in [0.2, 0.25) is 0 Å². The second kappa shape index (κ2) is 7.56. The summed E-state index contributed by atoms with van der Waals surface area (Å²) >= 11 is 3.36. The number of halogens is 1. The highest BCUT2D eigenvalue weighted by Gasteiger charge is 1.99. The molecule has 2 N–H and O–H groups in total. The summed E-state index contributed by atoms with van der Waals surface area (Å²) in [5.41, 5.74) is 2.30. The Morgan fingerprint density at radius 2 is 1.45 bits per heavy atom. The lowest BCUT2D eigenvalue weighted by Gasteiger charge is -2.05. The SMILES string of the molecule is CC(=O)Nc1ccc(NC(=O)/C=C/c2ccc(Br)cc2)cc1. The molecule has 22 heavy (non-hydrogen) atoms. The molecule has 112 valence electrons. The van der Waals surface area contributed by atoms with Gasteiger partial charge < -0.3 is 10.6 Å². The number of benzene rings is 2. The Bertz CT molecular complexity index is 692. The van der Waals surface area contributed by atoms with Gasteiger partial charge in [0.2, 0.25) is 11.8 Å². The third-order valence-corrected chi connectivity index (χ3v) is 3.30. The molecule has 0 aliphatic heterocycles. The minimum atomic E-state index is -0.213. The first kappa shape index (κ1) is 16.0. The van der Waals surface area contributed by atoms with Gasteiger partial charge in [0, 0.05) is 28.8 Å². The van der Waals surface area contributed by atoms with Crippen molar-refractivity contribution in [2.24, 2.45) is 0 Å². The molecule has 0 fully saturated rings. The fraction of sp³-hybridized carbons (Fsp3) is 0.0588. The van der Waals surface area contributed by atoms with E-state index >= 15 is 0 Å². The van der Waals surface area contributed by atoms with E-state index in [1.165, 1.54) is 13.0 Å². The Kier molecular flexibility index (Phi) is 5.49. The van der Waals surface area contributed by atoms with E-state index in [0.717, 1.165) is 10.0 Å². The maximum Gasteiger partial charge on any atom is 0.248 e. The number of rotatable bonds is 4. The molecule has 2 aromatic rings. The summed E-state index contributed by atoms with van der Waals surface area (Å²) in [6.45, 7) is 1.45. The summed E-state index contributed by atoms with van der Waals surface area (Å²) in [6, 6.07) is 14.6. The lowest BCUT2D eigenvalue weighted by molar-refractivity contribution is -0.114. The number of carbonyl (C=O) groups excluding carboxylic acids is 2. The normalized spacial score (nSPS) is 10.5. The fourth-order valence-corrected chi connectivity index (χ4v) is 2.03. The van der Waals surface area contributed by atoms with Gasteiger partial charge in [0.1, 0.15) is 0 Å². The van der Waals surface area contributed by atoms with Crippen LogP contribution in [-0.2, 0) is 9.59 Å². The minimum Gasteiger partial charge on any atom is -0.326 e. The van der Waals surface area contributed by atoms with Gasteiger partial charge in [-0.15, -0.1) is 0 Å². The summed E-state index contributed by atoms with van der Waals surface area (Å²) in [5.74, 6) is -0.343. The van der Waals surface area contributed by atoms with Crippen molar-refractivity contribution in [2.75, 3.05) is 10.6 Å². The van der Waals surface area contributed by atoms with Crippen molar-refractivity contribution in [3.8, 4) is 0 Å². The van der Waals surface area contributed by atoms with Crippen molar-refractivity contribution in [3.63, 3.8) is 0 Å². The lowest BCUT2D eigenvalue weighted by Crippen LogP contribution is -2.08. The second-order valence-corrected chi connectivity index (χ2v) is 5.55. The van der Waals surface area contributed by atoms with Gasteiger partial charge >= 0.3 is 0 Å². The van der Waals surface area contributed by atoms with Crippen LogP contribution in [0.1, 0.15) is 12.5 Å². The molecule has 0 saturated heterocycles. The molecule has 4 nitrogen and oxygen atoms in total. The molecular weight excluding hydrogens is 344 g/mol. The van der Waals surface area contributed by atoms with Crippen LogP contribution in [0.25, 0.3) is 6.08 Å². The minimum absolute atomic E-state index is 0.130. The zero-order valence-corrected chi connectivity index (χ0v) is 13.6. The van der Waals surface area contributed by atoms with E-state index in [0.29, 0.717) is 11.4 Å². The molecule has 0 radical (unpaired) electrons. The van der Waals surface area contributed by atoms with Crippen LogP contribution in [0.15, 0.2) is 59.1 Å². The van der Waals surface area contributed by atoms with Gasteiger partial charge in [0.25, 0.3) is 0 Å². The monoisotopic (exact) mass is 358 g/mol. The van der Waals surface area contributed by atoms with Gasteiger partial charge in [0.15, 0.2) is 0 Å². The van der Waals surface area contributed by atoms with Crippen LogP contribution in [0.3, 0.4) is 0 Å². The summed E-state index contributed by atoms with van der Waals surface area (Å²) in [4.78, 5) is 22.8. The molecule has 2 aromatic carbocycles. The first-order valence-corrected chi connectivity index (χ1v) is 7.44. The second-order valence-electron chi connectivity index (χ2n) is 4.63. The van der Waals surface area contributed by atoms with E-state index in [1.54, 1.807) is 30.3 Å². The summed E-state index contributed by atoms with van der Waals surface area (Å²) in [5, 5.41) is 5.42. The highest BCUT2D eigenvalue weighted by molar-refractivity contribution is 9.10. The summed E-state index contributed by atoms with van der Waals surface area (Å²) < 4.78 is 0.994. The molecule has 0 aromatic heterocycles. The predicted molar refractivity (Wildman–Crippen MR) is 92.6 cm³/mol. The molecule has 0 bridgehead atoms. The first-order valence-electron chi connectivity index (χ1n) is 6.65. The fourth-order valence-electron chi connectivity index (χ4n) is 1.77. The highest BCUT2D eigenvalue weighted by atomic mass is 79.9. The van der Waals surface area contributed by atoms with E-state index in [9.17, 15) is 9.59 Å². The number of amides is 2. The maximum atomic E-state index is 11.8. The highest BCUT2D eigenvalue weighted by Crippen LogP contribution is 2.14. The average Bonchev–Trinajstić information content (AvgIpc) is 2.48. The van der Waals surface area contributed by atoms with Crippen molar-refractivity contribution < 1.29 is 9.59 Å². The zero-order chi connectivity index (χ0) is 15.9. The maximum absolute atomic E-state index is 11.8. The average molecular weight is 359 g/mol. The van der Waals surface area contributed by atoms with E-state index in [-0.39, 0.29) is 11.8 Å². The lowest BCUT2D eigenvalue weighted by atomic mass is 10.2. The Balaban J connectivity index is 1.94. The number of anilines is 2. The molecule has 0 atom stereocenters. The largest absolute Gasteiger partial charge is 0.326 e. The van der Waals surface area contributed by atoms with Gasteiger partial charge in [-0.3, -0.25) is 9.59 Å². The zero-order valence-electron chi connectivity index (χ0n) is 12.0. The van der Waals surface area contributed by atoms with Crippen LogP contribution in [-0.4, -0.2) is 11.8 Å². The van der Waals surface area contributed by atoms with Gasteiger partial charge in [-0.2, -0.15) is 0 Å². The van der Waals surface area contributed by atoms with Gasteiger partial charge in [-0.1, -0.05) is 28.1 Å². The number of hydrogen-bond acceptors (Lipinski definition) is 2. The standard InChI is InChI=1S/C17H15BrN2O2/c1-12(21)19-15-7-9-16(10-8-15)20-17(22)11-4-13-2-5-14(18)6-3-13/h2-11H,1H3,(H,19,21)(H,20,22)/b11-4+. The Morgan fingerprint density at radius 3 is 2.00 bits per heavy atom. The number of nitrogens with one attached hydrogen (secondary N) is 2. The third-order valence-electron chi connectivity index (χ3n) is 2.77. The molecule has 2 amide bonds. The molecule has 0 aliphatic carbocycles. The van der Waals surface area contributed by atoms with Crippen LogP contribution < -0.4 is 10.6 Å². The van der Waals surface area contributed by atoms with Crippen LogP contribution in [0.4, 0.5) is 11.4 Å². The molecule has 0 aliphatic rings.